The molecule has 0 bridgehead atoms. The van der Waals surface area contributed by atoms with Crippen LogP contribution >= 0.6 is 0 Å². The molecule has 4 rings (SSSR count). The summed E-state index contributed by atoms with van der Waals surface area (Å²) in [6.07, 6.45) is 0.242. The molecular weight excluding hydrogens is 328 g/mol. The van der Waals surface area contributed by atoms with Crippen LogP contribution in [0.2, 0.25) is 0 Å². The molecule has 5 heteroatoms. The fourth-order valence-electron chi connectivity index (χ4n) is 3.89. The molecule has 1 amide bonds. The minimum absolute atomic E-state index is 0.0466. The number of aryl methyl sites for hydroxylation is 1. The van der Waals surface area contributed by atoms with E-state index in [0.717, 1.165) is 35.6 Å². The third-order valence-corrected chi connectivity index (χ3v) is 5.19. The number of hydrogen-bond donors (Lipinski definition) is 1. The van der Waals surface area contributed by atoms with Crippen molar-refractivity contribution in [3.63, 3.8) is 0 Å². The van der Waals surface area contributed by atoms with E-state index in [-0.39, 0.29) is 18.1 Å². The van der Waals surface area contributed by atoms with Gasteiger partial charge in [-0.15, -0.1) is 0 Å². The van der Waals surface area contributed by atoms with E-state index >= 15 is 0 Å². The van der Waals surface area contributed by atoms with Gasteiger partial charge in [-0.05, 0) is 30.2 Å². The van der Waals surface area contributed by atoms with Crippen LogP contribution in [-0.2, 0) is 9.53 Å². The Morgan fingerprint density at radius 2 is 1.88 bits per heavy atom. The smallest absolute Gasteiger partial charge is 0.232 e. The molecule has 1 unspecified atom stereocenters. The molecule has 0 saturated carbocycles. The van der Waals surface area contributed by atoms with Gasteiger partial charge in [0.25, 0.3) is 0 Å². The van der Waals surface area contributed by atoms with Crippen LogP contribution in [-0.4, -0.2) is 38.0 Å². The normalized spacial score (nSPS) is 19.3. The molecule has 1 saturated heterocycles. The third kappa shape index (κ3) is 2.99. The highest BCUT2D eigenvalue weighted by molar-refractivity contribution is 6.10. The molecule has 0 spiro atoms. The van der Waals surface area contributed by atoms with Gasteiger partial charge in [0.2, 0.25) is 5.91 Å². The number of ketones is 1. The van der Waals surface area contributed by atoms with Gasteiger partial charge in [-0.25, -0.2) is 0 Å². The molecule has 1 N–H and O–H groups in total. The fraction of sp³-hybridized carbons (Fsp3) is 0.333. The first-order valence-corrected chi connectivity index (χ1v) is 9.00. The number of morpholine rings is 1. The predicted octanol–water partition coefficient (Wildman–Crippen LogP) is 3.14. The van der Waals surface area contributed by atoms with Crippen LogP contribution in [0.1, 0.15) is 33.8 Å². The number of para-hydroxylation sites is 2. The van der Waals surface area contributed by atoms with E-state index in [2.05, 4.69) is 10.2 Å². The van der Waals surface area contributed by atoms with E-state index in [9.17, 15) is 9.59 Å². The molecule has 1 fully saturated rings. The van der Waals surface area contributed by atoms with Crippen LogP contribution in [0.5, 0.6) is 0 Å². The number of ether oxygens (including phenoxy) is 1. The van der Waals surface area contributed by atoms with Gasteiger partial charge < -0.3 is 15.0 Å². The Morgan fingerprint density at radius 3 is 2.69 bits per heavy atom. The summed E-state index contributed by atoms with van der Waals surface area (Å²) in [6, 6.07) is 13.5. The van der Waals surface area contributed by atoms with Gasteiger partial charge in [-0.1, -0.05) is 30.3 Å². The zero-order chi connectivity index (χ0) is 18.1. The predicted molar refractivity (Wildman–Crippen MR) is 101 cm³/mol. The number of carbonyl (C=O) groups excluding carboxylic acids is 2. The third-order valence-electron chi connectivity index (χ3n) is 5.19. The lowest BCUT2D eigenvalue weighted by Crippen LogP contribution is -2.37. The van der Waals surface area contributed by atoms with Gasteiger partial charge in [0.1, 0.15) is 0 Å². The Kier molecular flexibility index (Phi) is 4.47. The highest BCUT2D eigenvalue weighted by Crippen LogP contribution is 2.37. The summed E-state index contributed by atoms with van der Waals surface area (Å²) in [6.45, 7) is 4.94. The summed E-state index contributed by atoms with van der Waals surface area (Å²) in [5.74, 6) is -0.492. The summed E-state index contributed by atoms with van der Waals surface area (Å²) in [5, 5.41) is 3.06. The van der Waals surface area contributed by atoms with Gasteiger partial charge in [0, 0.05) is 25.1 Å². The number of fused-ring (bicyclic) bond motifs is 1. The van der Waals surface area contributed by atoms with Gasteiger partial charge in [-0.3, -0.25) is 9.59 Å². The van der Waals surface area contributed by atoms with E-state index in [4.69, 9.17) is 4.74 Å². The number of nitrogens with zero attached hydrogens (tertiary/aromatic N) is 1. The first-order valence-electron chi connectivity index (χ1n) is 9.00. The summed E-state index contributed by atoms with van der Waals surface area (Å²) in [5.41, 5.74) is 4.34. The molecule has 1 heterocycles. The summed E-state index contributed by atoms with van der Waals surface area (Å²) < 4.78 is 5.42. The van der Waals surface area contributed by atoms with Crippen LogP contribution < -0.4 is 10.2 Å². The number of rotatable bonds is 3. The van der Waals surface area contributed by atoms with E-state index in [0.29, 0.717) is 18.8 Å². The second kappa shape index (κ2) is 6.92. The largest absolute Gasteiger partial charge is 0.378 e. The van der Waals surface area contributed by atoms with E-state index < -0.39 is 5.92 Å². The number of carbonyl (C=O) groups is 2. The van der Waals surface area contributed by atoms with Gasteiger partial charge >= 0.3 is 0 Å². The van der Waals surface area contributed by atoms with E-state index in [1.165, 1.54) is 0 Å². The van der Waals surface area contributed by atoms with Gasteiger partial charge in [-0.2, -0.15) is 0 Å². The lowest BCUT2D eigenvalue weighted by Gasteiger charge is -2.30. The molecule has 2 aliphatic rings. The fourth-order valence-corrected chi connectivity index (χ4v) is 3.89. The molecule has 0 aromatic heterocycles. The average molecular weight is 350 g/mol. The van der Waals surface area contributed by atoms with E-state index in [1.807, 2.05) is 49.4 Å². The summed E-state index contributed by atoms with van der Waals surface area (Å²) >= 11 is 0. The molecule has 1 aliphatic carbocycles. The van der Waals surface area contributed by atoms with Gasteiger partial charge in [0.05, 0.1) is 30.5 Å². The Labute approximate surface area is 153 Å². The zero-order valence-electron chi connectivity index (χ0n) is 14.8. The number of benzene rings is 2. The van der Waals surface area contributed by atoms with Crippen molar-refractivity contribution < 1.29 is 14.3 Å². The van der Waals surface area contributed by atoms with Crippen molar-refractivity contribution in [1.82, 2.24) is 0 Å². The summed E-state index contributed by atoms with van der Waals surface area (Å²) in [7, 11) is 0. The molecule has 26 heavy (non-hydrogen) atoms. The minimum Gasteiger partial charge on any atom is -0.378 e. The van der Waals surface area contributed by atoms with Crippen molar-refractivity contribution in [2.45, 2.75) is 19.3 Å². The maximum atomic E-state index is 13.0. The number of amides is 1. The Hall–Kier alpha value is -2.66. The highest BCUT2D eigenvalue weighted by atomic mass is 16.5. The van der Waals surface area contributed by atoms with Crippen molar-refractivity contribution in [2.75, 3.05) is 36.5 Å². The SMILES string of the molecule is Cc1cccc2c1C(C(=O)Nc1ccccc1N1CCOCC1)CC2=O. The van der Waals surface area contributed by atoms with Crippen LogP contribution in [0.15, 0.2) is 42.5 Å². The lowest BCUT2D eigenvalue weighted by molar-refractivity contribution is -0.117. The van der Waals surface area contributed by atoms with Gasteiger partial charge in [0.15, 0.2) is 5.78 Å². The van der Waals surface area contributed by atoms with Crippen LogP contribution in [0.3, 0.4) is 0 Å². The average Bonchev–Trinajstić information content (AvgIpc) is 3.01. The quantitative estimate of drug-likeness (QED) is 0.924. The molecule has 2 aromatic rings. The zero-order valence-corrected chi connectivity index (χ0v) is 14.8. The first-order chi connectivity index (χ1) is 12.6. The van der Waals surface area contributed by atoms with Crippen molar-refractivity contribution in [1.29, 1.82) is 0 Å². The van der Waals surface area contributed by atoms with Crippen molar-refractivity contribution in [2.24, 2.45) is 0 Å². The van der Waals surface area contributed by atoms with Crippen molar-refractivity contribution in [3.05, 3.63) is 59.2 Å². The second-order valence-electron chi connectivity index (χ2n) is 6.82. The minimum atomic E-state index is -0.420. The molecule has 134 valence electrons. The maximum Gasteiger partial charge on any atom is 0.232 e. The second-order valence-corrected chi connectivity index (χ2v) is 6.82. The van der Waals surface area contributed by atoms with Crippen LogP contribution in [0.4, 0.5) is 11.4 Å². The number of nitrogens with one attached hydrogen (secondary N) is 1. The molecule has 1 atom stereocenters. The number of Topliss-reactive ketones (excluding diaryl/α,β-unsaturated/α-hetero) is 1. The maximum absolute atomic E-state index is 13.0. The van der Waals surface area contributed by atoms with Crippen LogP contribution in [0.25, 0.3) is 0 Å². The Balaban J connectivity index is 1.60. The highest BCUT2D eigenvalue weighted by Gasteiger charge is 2.35. The van der Waals surface area contributed by atoms with E-state index in [1.54, 1.807) is 0 Å². The first kappa shape index (κ1) is 16.8. The van der Waals surface area contributed by atoms with Crippen molar-refractivity contribution >= 4 is 23.1 Å². The Bertz CT molecular complexity index is 856. The van der Waals surface area contributed by atoms with Crippen molar-refractivity contribution in [3.8, 4) is 0 Å². The topological polar surface area (TPSA) is 58.6 Å². The lowest BCUT2D eigenvalue weighted by atomic mass is 9.95. The standard InChI is InChI=1S/C21H22N2O3/c1-14-5-4-6-15-19(24)13-16(20(14)15)21(25)22-17-7-2-3-8-18(17)23-9-11-26-12-10-23/h2-8,16H,9-13H2,1H3,(H,22,25). The molecule has 0 radical (unpaired) electrons. The molecular formula is C21H22N2O3. The molecule has 1 aliphatic heterocycles. The van der Waals surface area contributed by atoms with Crippen LogP contribution in [0, 0.1) is 6.92 Å². The monoisotopic (exact) mass is 350 g/mol. The molecule has 5 nitrogen and oxygen atoms in total. The summed E-state index contributed by atoms with van der Waals surface area (Å²) in [4.78, 5) is 27.5. The number of hydrogen-bond acceptors (Lipinski definition) is 4. The molecule has 2 aromatic carbocycles. The Morgan fingerprint density at radius 1 is 1.12 bits per heavy atom. The number of anilines is 2.